The van der Waals surface area contributed by atoms with E-state index in [1.165, 1.54) is 48.1 Å². The summed E-state index contributed by atoms with van der Waals surface area (Å²) in [5.74, 6) is 0. The van der Waals surface area contributed by atoms with Crippen molar-refractivity contribution >= 4 is 67.6 Å². The van der Waals surface area contributed by atoms with E-state index >= 15 is 0 Å². The largest absolute Gasteiger partial charge is 0.310 e. The highest BCUT2D eigenvalue weighted by Gasteiger charge is 2.18. The minimum absolute atomic E-state index is 1.10. The van der Waals surface area contributed by atoms with Crippen molar-refractivity contribution in [2.45, 2.75) is 34.6 Å². The minimum atomic E-state index is 1.10. The minimum Gasteiger partial charge on any atom is -0.310 e. The fourth-order valence-corrected chi connectivity index (χ4v) is 8.39. The molecule has 0 bridgehead atoms. The number of aryl methyl sites for hydroxylation is 1. The lowest BCUT2D eigenvalue weighted by Crippen LogP contribution is -2.10. The Kier molecular flexibility index (Phi) is 10.9. The van der Waals surface area contributed by atoms with Crippen LogP contribution >= 0.6 is 11.3 Å². The van der Waals surface area contributed by atoms with Crippen molar-refractivity contribution in [3.63, 3.8) is 0 Å². The fourth-order valence-electron chi connectivity index (χ4n) is 7.35. The summed E-state index contributed by atoms with van der Waals surface area (Å²) in [6.07, 6.45) is 10.6. The number of para-hydroxylation sites is 1. The number of thiophene rings is 1. The van der Waals surface area contributed by atoms with Crippen LogP contribution in [-0.2, 0) is 0 Å². The van der Waals surface area contributed by atoms with E-state index in [-0.39, 0.29) is 0 Å². The molecule has 54 heavy (non-hydrogen) atoms. The Morgan fingerprint density at radius 3 is 1.87 bits per heavy atom. The van der Waals surface area contributed by atoms with Gasteiger partial charge in [0.25, 0.3) is 0 Å². The molecule has 0 atom stereocenters. The van der Waals surface area contributed by atoms with Crippen molar-refractivity contribution in [3.8, 4) is 27.9 Å². The molecule has 0 saturated heterocycles. The van der Waals surface area contributed by atoms with E-state index in [9.17, 15) is 0 Å². The van der Waals surface area contributed by atoms with Crippen LogP contribution in [0.4, 0.5) is 17.1 Å². The van der Waals surface area contributed by atoms with Crippen LogP contribution in [0.15, 0.2) is 164 Å². The Morgan fingerprint density at radius 2 is 1.15 bits per heavy atom. The molecule has 0 aliphatic carbocycles. The highest BCUT2D eigenvalue weighted by Crippen LogP contribution is 2.41. The molecule has 0 N–H and O–H groups in total. The second-order valence-electron chi connectivity index (χ2n) is 13.0. The summed E-state index contributed by atoms with van der Waals surface area (Å²) in [6.45, 7) is 14.6. The first-order valence-corrected chi connectivity index (χ1v) is 19.6. The normalized spacial score (nSPS) is 11.4. The van der Waals surface area contributed by atoms with E-state index in [1.807, 2.05) is 31.3 Å². The number of fused-ring (bicyclic) bond motifs is 2. The van der Waals surface area contributed by atoms with Gasteiger partial charge in [0.05, 0.1) is 11.2 Å². The van der Waals surface area contributed by atoms with Gasteiger partial charge in [-0.05, 0) is 115 Å². The summed E-state index contributed by atoms with van der Waals surface area (Å²) in [7, 11) is 0. The van der Waals surface area contributed by atoms with Crippen molar-refractivity contribution in [1.29, 1.82) is 0 Å². The SMILES string of the molecule is C=Cc1c(/C=C\C)c2ccccc2n1-c1ccc(-c2cccc(N(c3ccc(-c4ccccc4)cc3)c3ccc4sc(C)c(/C=C\C)c4c3)c2)cc1.CC. The van der Waals surface area contributed by atoms with Crippen LogP contribution in [0, 0.1) is 6.92 Å². The monoisotopic (exact) mass is 718 g/mol. The maximum atomic E-state index is 4.19. The smallest absolute Gasteiger partial charge is 0.0541 e. The average Bonchev–Trinajstić information content (AvgIpc) is 3.72. The third kappa shape index (κ3) is 6.87. The molecule has 2 aromatic heterocycles. The number of benzene rings is 6. The van der Waals surface area contributed by atoms with Crippen molar-refractivity contribution in [2.24, 2.45) is 0 Å². The zero-order valence-electron chi connectivity index (χ0n) is 31.8. The summed E-state index contributed by atoms with van der Waals surface area (Å²) >= 11 is 1.86. The van der Waals surface area contributed by atoms with E-state index in [1.54, 1.807) is 0 Å². The lowest BCUT2D eigenvalue weighted by Gasteiger charge is -2.26. The first kappa shape index (κ1) is 36.2. The molecule has 3 heteroatoms. The van der Waals surface area contributed by atoms with E-state index < -0.39 is 0 Å². The first-order chi connectivity index (χ1) is 26.6. The van der Waals surface area contributed by atoms with Gasteiger partial charge in [-0.2, -0.15) is 0 Å². The number of aromatic nitrogens is 1. The average molecular weight is 719 g/mol. The Bertz CT molecular complexity index is 2600. The number of hydrogen-bond donors (Lipinski definition) is 0. The maximum absolute atomic E-state index is 4.19. The van der Waals surface area contributed by atoms with Crippen molar-refractivity contribution in [2.75, 3.05) is 4.90 Å². The van der Waals surface area contributed by atoms with Gasteiger partial charge in [-0.25, -0.2) is 0 Å². The van der Waals surface area contributed by atoms with Gasteiger partial charge in [-0.3, -0.25) is 0 Å². The van der Waals surface area contributed by atoms with Gasteiger partial charge in [0.2, 0.25) is 0 Å². The van der Waals surface area contributed by atoms with Gasteiger partial charge in [0.1, 0.15) is 0 Å². The lowest BCUT2D eigenvalue weighted by molar-refractivity contribution is 1.11. The molecule has 0 aliphatic heterocycles. The van der Waals surface area contributed by atoms with E-state index in [0.717, 1.165) is 39.6 Å². The molecule has 8 rings (SSSR count). The molecule has 266 valence electrons. The third-order valence-electron chi connectivity index (χ3n) is 9.76. The molecule has 0 fully saturated rings. The number of nitrogens with zero attached hydrogens (tertiary/aromatic N) is 2. The second-order valence-corrected chi connectivity index (χ2v) is 14.2. The summed E-state index contributed by atoms with van der Waals surface area (Å²) < 4.78 is 3.61. The van der Waals surface area contributed by atoms with E-state index in [0.29, 0.717) is 0 Å². The quantitative estimate of drug-likeness (QED) is 0.144. The van der Waals surface area contributed by atoms with Gasteiger partial charge >= 0.3 is 0 Å². The summed E-state index contributed by atoms with van der Waals surface area (Å²) in [6, 6.07) is 52.7. The Labute approximate surface area is 324 Å². The van der Waals surface area contributed by atoms with Crippen LogP contribution in [-0.4, -0.2) is 4.57 Å². The summed E-state index contributed by atoms with van der Waals surface area (Å²) in [5, 5.41) is 2.50. The zero-order chi connectivity index (χ0) is 37.6. The van der Waals surface area contributed by atoms with E-state index in [2.05, 4.69) is 207 Å². The third-order valence-corrected chi connectivity index (χ3v) is 10.9. The van der Waals surface area contributed by atoms with Gasteiger partial charge in [0.15, 0.2) is 0 Å². The summed E-state index contributed by atoms with van der Waals surface area (Å²) in [5.41, 5.74) is 13.9. The first-order valence-electron chi connectivity index (χ1n) is 18.8. The molecule has 2 heterocycles. The van der Waals surface area contributed by atoms with Crippen LogP contribution in [0.25, 0.3) is 67.2 Å². The highest BCUT2D eigenvalue weighted by atomic mass is 32.1. The molecule has 8 aromatic rings. The molecular formula is C51H46N2S. The molecule has 0 amide bonds. The molecule has 0 saturated carbocycles. The molecule has 0 radical (unpaired) electrons. The Hall–Kier alpha value is -6.16. The second kappa shape index (κ2) is 16.2. The maximum Gasteiger partial charge on any atom is 0.0541 e. The van der Waals surface area contributed by atoms with E-state index in [4.69, 9.17) is 0 Å². The van der Waals surface area contributed by atoms with Crippen LogP contribution in [0.1, 0.15) is 49.4 Å². The number of hydrogen-bond acceptors (Lipinski definition) is 2. The Balaban J connectivity index is 0.00000221. The van der Waals surface area contributed by atoms with Gasteiger partial charge in [-0.15, -0.1) is 11.3 Å². The predicted molar refractivity (Wildman–Crippen MR) is 240 cm³/mol. The van der Waals surface area contributed by atoms with Gasteiger partial charge < -0.3 is 9.47 Å². The summed E-state index contributed by atoms with van der Waals surface area (Å²) in [4.78, 5) is 3.71. The zero-order valence-corrected chi connectivity index (χ0v) is 32.6. The molecule has 0 spiro atoms. The van der Waals surface area contributed by atoms with Gasteiger partial charge in [-0.1, -0.05) is 130 Å². The van der Waals surface area contributed by atoms with Crippen molar-refractivity contribution in [3.05, 3.63) is 186 Å². The van der Waals surface area contributed by atoms with Crippen molar-refractivity contribution < 1.29 is 0 Å². The molecular weight excluding hydrogens is 673 g/mol. The number of rotatable bonds is 9. The standard InChI is InChI=1S/C49H40N2S.C2H6/c1-5-14-43-34(4)52-49-31-30-42(33-46(43)49)50(39-26-22-36(23-27-39)35-16-9-8-10-17-35)41-19-13-18-38(32-41)37-24-28-40(29-25-37)51-47(7-3)44(15-6-2)45-20-11-12-21-48(45)51;1-2/h5-33H,3H2,1-2,4H3;1-2H3/b14-5-,15-6-;. The lowest BCUT2D eigenvalue weighted by atomic mass is 10.0. The van der Waals surface area contributed by atoms with Crippen LogP contribution in [0.3, 0.4) is 0 Å². The van der Waals surface area contributed by atoms with Crippen molar-refractivity contribution in [1.82, 2.24) is 4.57 Å². The van der Waals surface area contributed by atoms with Crippen LogP contribution in [0.5, 0.6) is 0 Å². The highest BCUT2D eigenvalue weighted by molar-refractivity contribution is 7.19. The molecule has 2 nitrogen and oxygen atoms in total. The van der Waals surface area contributed by atoms with Crippen LogP contribution in [0.2, 0.25) is 0 Å². The Morgan fingerprint density at radius 1 is 0.556 bits per heavy atom. The molecule has 6 aromatic carbocycles. The van der Waals surface area contributed by atoms with Gasteiger partial charge in [0, 0.05) is 48.7 Å². The number of allylic oxidation sites excluding steroid dienone is 2. The fraction of sp³-hybridized carbons (Fsp3) is 0.0980. The number of anilines is 3. The predicted octanol–water partition coefficient (Wildman–Crippen LogP) is 15.7. The molecule has 0 unspecified atom stereocenters. The van der Waals surface area contributed by atoms with Crippen LogP contribution < -0.4 is 4.90 Å². The topological polar surface area (TPSA) is 8.17 Å². The molecule has 0 aliphatic rings.